The summed E-state index contributed by atoms with van der Waals surface area (Å²) in [5, 5.41) is 3.10. The fourth-order valence-electron chi connectivity index (χ4n) is 4.16. The number of hydrogen-bond acceptors (Lipinski definition) is 4. The summed E-state index contributed by atoms with van der Waals surface area (Å²) >= 11 is 0. The van der Waals surface area contributed by atoms with Crippen LogP contribution < -0.4 is 14.4 Å². The molecule has 178 valence electrons. The zero-order chi connectivity index (χ0) is 24.1. The van der Waals surface area contributed by atoms with Crippen LogP contribution >= 0.6 is 0 Å². The summed E-state index contributed by atoms with van der Waals surface area (Å²) in [7, 11) is -3.74. The van der Waals surface area contributed by atoms with Gasteiger partial charge in [-0.2, -0.15) is 0 Å². The van der Waals surface area contributed by atoms with Crippen LogP contribution in [0.2, 0.25) is 0 Å². The zero-order valence-corrected chi connectivity index (χ0v) is 20.2. The third kappa shape index (κ3) is 5.59. The van der Waals surface area contributed by atoms with E-state index in [1.165, 1.54) is 4.31 Å². The van der Waals surface area contributed by atoms with Gasteiger partial charge in [0.25, 0.3) is 5.91 Å². The molecular weight excluding hydrogens is 448 g/mol. The highest BCUT2D eigenvalue weighted by atomic mass is 32.2. The first kappa shape index (κ1) is 23.8. The predicted molar refractivity (Wildman–Crippen MR) is 134 cm³/mol. The van der Waals surface area contributed by atoms with Crippen LogP contribution in [-0.2, 0) is 20.6 Å². The molecule has 1 aliphatic heterocycles. The Bertz CT molecular complexity index is 1210. The molecule has 3 aromatic carbocycles. The molecule has 0 radical (unpaired) electrons. The van der Waals surface area contributed by atoms with E-state index in [1.54, 1.807) is 36.4 Å². The van der Waals surface area contributed by atoms with Crippen molar-refractivity contribution in [2.45, 2.75) is 38.2 Å². The van der Waals surface area contributed by atoms with Gasteiger partial charge in [0.2, 0.25) is 10.0 Å². The number of nitrogens with zero attached hydrogens (tertiary/aromatic N) is 1. The highest BCUT2D eigenvalue weighted by Crippen LogP contribution is 2.36. The second-order valence-corrected chi connectivity index (χ2v) is 10.8. The van der Waals surface area contributed by atoms with Crippen LogP contribution in [0.25, 0.3) is 0 Å². The summed E-state index contributed by atoms with van der Waals surface area (Å²) in [6.45, 7) is 4.13. The molecular formula is C27H30N2O4S. The Kier molecular flexibility index (Phi) is 7.22. The van der Waals surface area contributed by atoms with E-state index in [0.717, 1.165) is 12.0 Å². The fraction of sp³-hybridized carbons (Fsp3) is 0.296. The van der Waals surface area contributed by atoms with Gasteiger partial charge in [0.05, 0.1) is 24.0 Å². The van der Waals surface area contributed by atoms with Crippen molar-refractivity contribution in [2.24, 2.45) is 5.92 Å². The second-order valence-electron chi connectivity index (χ2n) is 8.95. The molecule has 7 heteroatoms. The van der Waals surface area contributed by atoms with Gasteiger partial charge >= 0.3 is 0 Å². The summed E-state index contributed by atoms with van der Waals surface area (Å²) in [5.74, 6) is 0.257. The topological polar surface area (TPSA) is 75.7 Å². The highest BCUT2D eigenvalue weighted by molar-refractivity contribution is 7.92. The van der Waals surface area contributed by atoms with E-state index < -0.39 is 16.1 Å². The molecule has 0 fully saturated rings. The van der Waals surface area contributed by atoms with Crippen molar-refractivity contribution in [1.82, 2.24) is 5.32 Å². The third-order valence-electron chi connectivity index (χ3n) is 5.78. The van der Waals surface area contributed by atoms with Gasteiger partial charge in [-0.25, -0.2) is 8.42 Å². The molecule has 0 aliphatic carbocycles. The summed E-state index contributed by atoms with van der Waals surface area (Å²) < 4.78 is 34.1. The largest absolute Gasteiger partial charge is 0.476 e. The molecule has 1 heterocycles. The lowest BCUT2D eigenvalue weighted by Crippen LogP contribution is -2.51. The molecule has 0 saturated heterocycles. The van der Waals surface area contributed by atoms with Crippen molar-refractivity contribution in [3.63, 3.8) is 0 Å². The number of carbonyl (C=O) groups excluding carboxylic acids is 1. The van der Waals surface area contributed by atoms with Gasteiger partial charge in [-0.15, -0.1) is 0 Å². The minimum atomic E-state index is -3.74. The average molecular weight is 479 g/mol. The minimum Gasteiger partial charge on any atom is -0.476 e. The van der Waals surface area contributed by atoms with E-state index in [0.29, 0.717) is 22.9 Å². The number of para-hydroxylation sites is 2. The number of benzene rings is 3. The number of rotatable bonds is 8. The van der Waals surface area contributed by atoms with Crippen molar-refractivity contribution in [3.05, 3.63) is 96.1 Å². The van der Waals surface area contributed by atoms with Crippen molar-refractivity contribution in [1.29, 1.82) is 0 Å². The Morgan fingerprint density at radius 2 is 1.59 bits per heavy atom. The SMILES string of the molecule is CC(C)C[C@@H](NC(=O)[C@H]1CN(S(=O)(=O)Cc2ccccc2)c2ccccc2O1)c1ccccc1. The van der Waals surface area contributed by atoms with E-state index in [9.17, 15) is 13.2 Å². The standard InChI is InChI=1S/C27H30N2O4S/c1-20(2)17-23(22-13-7-4-8-14-22)28-27(30)26-18-29(24-15-9-10-16-25(24)33-26)34(31,32)19-21-11-5-3-6-12-21/h3-16,20,23,26H,17-19H2,1-2H3,(H,28,30)/t23-,26-/m1/s1. The Morgan fingerprint density at radius 3 is 2.26 bits per heavy atom. The van der Waals surface area contributed by atoms with Crippen LogP contribution in [0, 0.1) is 5.92 Å². The maximum absolute atomic E-state index is 13.4. The zero-order valence-electron chi connectivity index (χ0n) is 19.4. The van der Waals surface area contributed by atoms with Gasteiger partial charge in [-0.05, 0) is 35.6 Å². The van der Waals surface area contributed by atoms with E-state index in [-0.39, 0.29) is 24.2 Å². The molecule has 1 aliphatic rings. The molecule has 1 amide bonds. The normalized spacial score (nSPS) is 16.4. The molecule has 4 rings (SSSR count). The molecule has 1 N–H and O–H groups in total. The predicted octanol–water partition coefficient (Wildman–Crippen LogP) is 4.69. The lowest BCUT2D eigenvalue weighted by atomic mass is 9.96. The van der Waals surface area contributed by atoms with Crippen molar-refractivity contribution >= 4 is 21.6 Å². The van der Waals surface area contributed by atoms with Crippen LogP contribution in [0.3, 0.4) is 0 Å². The lowest BCUT2D eigenvalue weighted by Gasteiger charge is -2.35. The molecule has 0 bridgehead atoms. The van der Waals surface area contributed by atoms with Gasteiger partial charge in [0.1, 0.15) is 5.75 Å². The molecule has 3 aromatic rings. The maximum atomic E-state index is 13.4. The van der Waals surface area contributed by atoms with E-state index in [4.69, 9.17) is 4.74 Å². The number of carbonyl (C=O) groups is 1. The third-order valence-corrected chi connectivity index (χ3v) is 7.50. The number of sulfonamides is 1. The van der Waals surface area contributed by atoms with Crippen LogP contribution in [0.1, 0.15) is 37.4 Å². The summed E-state index contributed by atoms with van der Waals surface area (Å²) in [6.07, 6.45) is -0.200. The number of ether oxygens (including phenoxy) is 1. The van der Waals surface area contributed by atoms with E-state index in [1.807, 2.05) is 48.5 Å². The van der Waals surface area contributed by atoms with Crippen molar-refractivity contribution in [2.75, 3.05) is 10.8 Å². The number of hydrogen-bond donors (Lipinski definition) is 1. The van der Waals surface area contributed by atoms with Crippen LogP contribution in [0.5, 0.6) is 5.75 Å². The van der Waals surface area contributed by atoms with Gasteiger partial charge in [-0.1, -0.05) is 86.6 Å². The average Bonchev–Trinajstić information content (AvgIpc) is 2.83. The fourth-order valence-corrected chi connectivity index (χ4v) is 5.75. The Hall–Kier alpha value is -3.32. The van der Waals surface area contributed by atoms with Crippen molar-refractivity contribution < 1.29 is 17.9 Å². The van der Waals surface area contributed by atoms with Crippen LogP contribution in [-0.4, -0.2) is 27.0 Å². The quantitative estimate of drug-likeness (QED) is 0.510. The molecule has 0 saturated carbocycles. The molecule has 0 spiro atoms. The summed E-state index contributed by atoms with van der Waals surface area (Å²) in [5.41, 5.74) is 2.15. The molecule has 0 aromatic heterocycles. The number of nitrogens with one attached hydrogen (secondary N) is 1. The van der Waals surface area contributed by atoms with Gasteiger partial charge in [0.15, 0.2) is 6.10 Å². The monoisotopic (exact) mass is 478 g/mol. The first-order valence-corrected chi connectivity index (χ1v) is 13.1. The molecule has 2 atom stereocenters. The van der Waals surface area contributed by atoms with Gasteiger partial charge in [0, 0.05) is 0 Å². The molecule has 6 nitrogen and oxygen atoms in total. The Balaban J connectivity index is 1.59. The molecule has 34 heavy (non-hydrogen) atoms. The second kappa shape index (κ2) is 10.3. The van der Waals surface area contributed by atoms with Crippen molar-refractivity contribution in [3.8, 4) is 5.75 Å². The van der Waals surface area contributed by atoms with Crippen LogP contribution in [0.4, 0.5) is 5.69 Å². The van der Waals surface area contributed by atoms with E-state index >= 15 is 0 Å². The van der Waals surface area contributed by atoms with Gasteiger partial charge in [-0.3, -0.25) is 9.10 Å². The highest BCUT2D eigenvalue weighted by Gasteiger charge is 2.37. The first-order chi connectivity index (χ1) is 16.3. The lowest BCUT2D eigenvalue weighted by molar-refractivity contribution is -0.128. The first-order valence-electron chi connectivity index (χ1n) is 11.5. The smallest absolute Gasteiger partial charge is 0.263 e. The minimum absolute atomic E-state index is 0.0821. The summed E-state index contributed by atoms with van der Waals surface area (Å²) in [4.78, 5) is 13.3. The number of amides is 1. The summed E-state index contributed by atoms with van der Waals surface area (Å²) in [6, 6.07) is 25.6. The Morgan fingerprint density at radius 1 is 0.971 bits per heavy atom. The van der Waals surface area contributed by atoms with Gasteiger partial charge < -0.3 is 10.1 Å². The van der Waals surface area contributed by atoms with E-state index in [2.05, 4.69) is 19.2 Å². The number of fused-ring (bicyclic) bond motifs is 1. The Labute approximate surface area is 201 Å². The molecule has 0 unspecified atom stereocenters. The number of anilines is 1. The van der Waals surface area contributed by atoms with Crippen LogP contribution in [0.15, 0.2) is 84.9 Å². The maximum Gasteiger partial charge on any atom is 0.263 e.